The number of hydrogen-bond donors (Lipinski definition) is 0. The van der Waals surface area contributed by atoms with Crippen molar-refractivity contribution in [1.82, 2.24) is 0 Å². The summed E-state index contributed by atoms with van der Waals surface area (Å²) in [6, 6.07) is 6.64. The number of rotatable bonds is 6. The van der Waals surface area contributed by atoms with Gasteiger partial charge in [-0.15, -0.1) is 0 Å². The van der Waals surface area contributed by atoms with Crippen molar-refractivity contribution in [2.45, 2.75) is 25.4 Å². The average molecular weight is 287 g/mol. The fourth-order valence-electron chi connectivity index (χ4n) is 1.72. The highest BCUT2D eigenvalue weighted by Crippen LogP contribution is 2.33. The van der Waals surface area contributed by atoms with E-state index in [-0.39, 0.29) is 11.9 Å². The second-order valence-electron chi connectivity index (χ2n) is 4.30. The number of benzene rings is 1. The summed E-state index contributed by atoms with van der Waals surface area (Å²) in [7, 11) is 0. The van der Waals surface area contributed by atoms with E-state index in [1.165, 1.54) is 18.9 Å². The molecule has 0 radical (unpaired) electrons. The van der Waals surface area contributed by atoms with Gasteiger partial charge in [-0.25, -0.2) is 4.39 Å². The lowest BCUT2D eigenvalue weighted by atomic mass is 10.1. The summed E-state index contributed by atoms with van der Waals surface area (Å²) >= 11 is 3.41. The Kier molecular flexibility index (Phi) is 4.36. The molecular weight excluding hydrogens is 271 g/mol. The highest BCUT2D eigenvalue weighted by atomic mass is 79.9. The third-order valence-electron chi connectivity index (χ3n) is 2.90. The maximum atomic E-state index is 13.1. The van der Waals surface area contributed by atoms with Gasteiger partial charge in [-0.1, -0.05) is 40.9 Å². The zero-order chi connectivity index (χ0) is 11.4. The molecule has 1 aliphatic rings. The summed E-state index contributed by atoms with van der Waals surface area (Å²) in [6.45, 7) is 0.775. The molecule has 1 aliphatic carbocycles. The fourth-order valence-corrected chi connectivity index (χ4v) is 2.28. The molecule has 1 saturated carbocycles. The standard InChI is InChI=1S/C13H16BrFO/c14-9-13(16-7-6-10-4-5-10)11-2-1-3-12(15)8-11/h1-3,8,10,13H,4-7,9H2. The summed E-state index contributed by atoms with van der Waals surface area (Å²) in [5.41, 5.74) is 0.910. The maximum absolute atomic E-state index is 13.1. The lowest BCUT2D eigenvalue weighted by molar-refractivity contribution is 0.0652. The van der Waals surface area contributed by atoms with Crippen molar-refractivity contribution in [3.8, 4) is 0 Å². The molecule has 0 aromatic heterocycles. The predicted molar refractivity (Wildman–Crippen MR) is 66.2 cm³/mol. The Bertz CT molecular complexity index is 338. The Hall–Kier alpha value is -0.410. The monoisotopic (exact) mass is 286 g/mol. The summed E-state index contributed by atoms with van der Waals surface area (Å²) in [5.74, 6) is 0.678. The highest BCUT2D eigenvalue weighted by molar-refractivity contribution is 9.09. The molecule has 1 nitrogen and oxygen atoms in total. The molecule has 2 rings (SSSR count). The second-order valence-corrected chi connectivity index (χ2v) is 4.95. The average Bonchev–Trinajstić information content (AvgIpc) is 3.08. The van der Waals surface area contributed by atoms with Gasteiger partial charge in [0.2, 0.25) is 0 Å². The Morgan fingerprint density at radius 1 is 1.44 bits per heavy atom. The van der Waals surface area contributed by atoms with Gasteiger partial charge in [0, 0.05) is 11.9 Å². The van der Waals surface area contributed by atoms with Crippen molar-refractivity contribution in [2.75, 3.05) is 11.9 Å². The van der Waals surface area contributed by atoms with Crippen LogP contribution in [0.25, 0.3) is 0 Å². The SMILES string of the molecule is Fc1cccc(C(CBr)OCCC2CC2)c1. The van der Waals surface area contributed by atoms with Crippen LogP contribution in [0.5, 0.6) is 0 Å². The Morgan fingerprint density at radius 2 is 2.25 bits per heavy atom. The van der Waals surface area contributed by atoms with Gasteiger partial charge in [0.15, 0.2) is 0 Å². The minimum absolute atomic E-state index is 0.0329. The Balaban J connectivity index is 1.87. The lowest BCUT2D eigenvalue weighted by Crippen LogP contribution is -2.07. The van der Waals surface area contributed by atoms with Crippen molar-refractivity contribution in [3.05, 3.63) is 35.6 Å². The molecule has 1 atom stereocenters. The van der Waals surface area contributed by atoms with Crippen LogP contribution < -0.4 is 0 Å². The van der Waals surface area contributed by atoms with Gasteiger partial charge in [-0.2, -0.15) is 0 Å². The van der Waals surface area contributed by atoms with E-state index >= 15 is 0 Å². The topological polar surface area (TPSA) is 9.23 Å². The molecule has 0 heterocycles. The van der Waals surface area contributed by atoms with Crippen LogP contribution in [-0.2, 0) is 4.74 Å². The maximum Gasteiger partial charge on any atom is 0.123 e. The predicted octanol–water partition coefficient (Wildman–Crippen LogP) is 4.08. The number of hydrogen-bond acceptors (Lipinski definition) is 1. The third-order valence-corrected chi connectivity index (χ3v) is 3.49. The van der Waals surface area contributed by atoms with Crippen molar-refractivity contribution < 1.29 is 9.13 Å². The molecular formula is C13H16BrFO. The van der Waals surface area contributed by atoms with E-state index in [0.717, 1.165) is 24.5 Å². The van der Waals surface area contributed by atoms with Gasteiger partial charge in [-0.05, 0) is 30.0 Å². The van der Waals surface area contributed by atoms with Crippen molar-refractivity contribution in [2.24, 2.45) is 5.92 Å². The van der Waals surface area contributed by atoms with E-state index in [4.69, 9.17) is 4.74 Å². The third kappa shape index (κ3) is 3.56. The Morgan fingerprint density at radius 3 is 2.88 bits per heavy atom. The fraction of sp³-hybridized carbons (Fsp3) is 0.538. The summed E-state index contributed by atoms with van der Waals surface area (Å²) in [5, 5.41) is 0.709. The lowest BCUT2D eigenvalue weighted by Gasteiger charge is -2.15. The molecule has 1 aromatic rings. The number of alkyl halides is 1. The van der Waals surface area contributed by atoms with E-state index in [0.29, 0.717) is 5.33 Å². The zero-order valence-electron chi connectivity index (χ0n) is 9.16. The first-order valence-corrected chi connectivity index (χ1v) is 6.85. The smallest absolute Gasteiger partial charge is 0.123 e. The largest absolute Gasteiger partial charge is 0.373 e. The van der Waals surface area contributed by atoms with Crippen LogP contribution in [0.15, 0.2) is 24.3 Å². The second kappa shape index (κ2) is 5.78. The molecule has 0 N–H and O–H groups in total. The molecule has 0 saturated heterocycles. The van der Waals surface area contributed by atoms with Crippen LogP contribution in [0.1, 0.15) is 30.9 Å². The molecule has 16 heavy (non-hydrogen) atoms. The zero-order valence-corrected chi connectivity index (χ0v) is 10.7. The van der Waals surface area contributed by atoms with E-state index in [2.05, 4.69) is 15.9 Å². The molecule has 0 aliphatic heterocycles. The van der Waals surface area contributed by atoms with Crippen LogP contribution >= 0.6 is 15.9 Å². The molecule has 0 spiro atoms. The Labute approximate surface area is 104 Å². The summed E-state index contributed by atoms with van der Waals surface area (Å²) in [4.78, 5) is 0. The van der Waals surface area contributed by atoms with E-state index in [1.54, 1.807) is 12.1 Å². The molecule has 0 bridgehead atoms. The van der Waals surface area contributed by atoms with Gasteiger partial charge in [0.05, 0.1) is 6.10 Å². The van der Waals surface area contributed by atoms with Gasteiger partial charge in [0.1, 0.15) is 5.82 Å². The first-order chi connectivity index (χ1) is 7.79. The minimum Gasteiger partial charge on any atom is -0.373 e. The van der Waals surface area contributed by atoms with E-state index in [1.807, 2.05) is 6.07 Å². The van der Waals surface area contributed by atoms with Crippen molar-refractivity contribution >= 4 is 15.9 Å². The van der Waals surface area contributed by atoms with Crippen LogP contribution in [0.4, 0.5) is 4.39 Å². The van der Waals surface area contributed by atoms with Gasteiger partial charge >= 0.3 is 0 Å². The minimum atomic E-state index is -0.200. The normalized spacial score (nSPS) is 17.4. The van der Waals surface area contributed by atoms with E-state index < -0.39 is 0 Å². The number of ether oxygens (including phenoxy) is 1. The first kappa shape index (κ1) is 12.1. The van der Waals surface area contributed by atoms with Crippen LogP contribution in [0, 0.1) is 11.7 Å². The van der Waals surface area contributed by atoms with E-state index in [9.17, 15) is 4.39 Å². The first-order valence-electron chi connectivity index (χ1n) is 5.72. The summed E-state index contributed by atoms with van der Waals surface area (Å²) in [6.07, 6.45) is 3.80. The molecule has 1 aromatic carbocycles. The molecule has 3 heteroatoms. The van der Waals surface area contributed by atoms with Crippen LogP contribution in [0.3, 0.4) is 0 Å². The molecule has 88 valence electrons. The van der Waals surface area contributed by atoms with Crippen molar-refractivity contribution in [1.29, 1.82) is 0 Å². The number of halogens is 2. The molecule has 1 unspecified atom stereocenters. The molecule has 1 fully saturated rings. The van der Waals surface area contributed by atoms with Crippen LogP contribution in [-0.4, -0.2) is 11.9 Å². The van der Waals surface area contributed by atoms with Gasteiger partial charge in [0.25, 0.3) is 0 Å². The quantitative estimate of drug-likeness (QED) is 0.716. The molecule has 0 amide bonds. The van der Waals surface area contributed by atoms with Gasteiger partial charge in [-0.3, -0.25) is 0 Å². The van der Waals surface area contributed by atoms with Crippen LogP contribution in [0.2, 0.25) is 0 Å². The van der Waals surface area contributed by atoms with Crippen molar-refractivity contribution in [3.63, 3.8) is 0 Å². The highest BCUT2D eigenvalue weighted by Gasteiger charge is 2.21. The van der Waals surface area contributed by atoms with Gasteiger partial charge < -0.3 is 4.74 Å². The summed E-state index contributed by atoms with van der Waals surface area (Å²) < 4.78 is 18.8.